The van der Waals surface area contributed by atoms with Crippen LogP contribution in [-0.4, -0.2) is 19.1 Å². The molecule has 4 heteroatoms. The molecule has 1 atom stereocenters. The van der Waals surface area contributed by atoms with Crippen molar-refractivity contribution in [1.29, 1.82) is 0 Å². The van der Waals surface area contributed by atoms with E-state index < -0.39 is 0 Å². The Bertz CT molecular complexity index is 588. The first-order valence-electron chi connectivity index (χ1n) is 6.97. The fraction of sp³-hybridized carbons (Fsp3) is 0.438. The molecule has 0 aliphatic heterocycles. The normalized spacial score (nSPS) is 12.6. The summed E-state index contributed by atoms with van der Waals surface area (Å²) in [5.41, 5.74) is 1.53. The molecule has 20 heavy (non-hydrogen) atoms. The zero-order valence-electron chi connectivity index (χ0n) is 12.2. The molecule has 108 valence electrons. The maximum Gasteiger partial charge on any atom is 0.287 e. The smallest absolute Gasteiger partial charge is 0.287 e. The lowest BCUT2D eigenvalue weighted by Crippen LogP contribution is -2.32. The first-order chi connectivity index (χ1) is 9.67. The van der Waals surface area contributed by atoms with Crippen LogP contribution >= 0.6 is 0 Å². The number of para-hydroxylation sites is 1. The third-order valence-corrected chi connectivity index (χ3v) is 3.29. The Balaban J connectivity index is 2.32. The van der Waals surface area contributed by atoms with Crippen molar-refractivity contribution in [2.45, 2.75) is 39.3 Å². The number of carbonyl (C=O) groups excluding carboxylic acids is 1. The van der Waals surface area contributed by atoms with Gasteiger partial charge in [-0.1, -0.05) is 31.5 Å². The molecule has 1 amide bonds. The number of rotatable bonds is 6. The minimum absolute atomic E-state index is 0.135. The molecule has 1 N–H and O–H groups in total. The number of hydrogen-bond acceptors (Lipinski definition) is 3. The van der Waals surface area contributed by atoms with Gasteiger partial charge < -0.3 is 14.5 Å². The summed E-state index contributed by atoms with van der Waals surface area (Å²) in [7, 11) is 1.61. The number of amides is 1. The minimum atomic E-state index is -0.172. The summed E-state index contributed by atoms with van der Waals surface area (Å²) in [6.45, 7) is 4.46. The van der Waals surface area contributed by atoms with Crippen LogP contribution in [0.2, 0.25) is 0 Å². The Morgan fingerprint density at radius 2 is 2.15 bits per heavy atom. The number of fused-ring (bicyclic) bond motifs is 1. The molecular formula is C16H21NO3. The third kappa shape index (κ3) is 3.02. The van der Waals surface area contributed by atoms with E-state index in [1.165, 1.54) is 0 Å². The van der Waals surface area contributed by atoms with Crippen molar-refractivity contribution >= 4 is 16.9 Å². The van der Waals surface area contributed by atoms with Crippen LogP contribution in [0.4, 0.5) is 0 Å². The van der Waals surface area contributed by atoms with Crippen LogP contribution < -0.4 is 5.32 Å². The van der Waals surface area contributed by atoms with Gasteiger partial charge in [0.1, 0.15) is 5.58 Å². The van der Waals surface area contributed by atoms with Gasteiger partial charge in [-0.3, -0.25) is 4.79 Å². The van der Waals surface area contributed by atoms with E-state index >= 15 is 0 Å². The lowest BCUT2D eigenvalue weighted by molar-refractivity contribution is 0.0906. The first kappa shape index (κ1) is 14.6. The van der Waals surface area contributed by atoms with Crippen molar-refractivity contribution in [1.82, 2.24) is 5.32 Å². The zero-order valence-corrected chi connectivity index (χ0v) is 12.2. The Kier molecular flexibility index (Phi) is 4.79. The van der Waals surface area contributed by atoms with E-state index in [4.69, 9.17) is 9.15 Å². The third-order valence-electron chi connectivity index (χ3n) is 3.29. The molecule has 0 saturated heterocycles. The van der Waals surface area contributed by atoms with Gasteiger partial charge in [0.25, 0.3) is 5.91 Å². The summed E-state index contributed by atoms with van der Waals surface area (Å²) in [6, 6.07) is 7.76. The highest BCUT2D eigenvalue weighted by Crippen LogP contribution is 2.26. The van der Waals surface area contributed by atoms with E-state index in [1.807, 2.05) is 31.2 Å². The fourth-order valence-corrected chi connectivity index (χ4v) is 2.36. The van der Waals surface area contributed by atoms with Crippen molar-refractivity contribution < 1.29 is 13.9 Å². The summed E-state index contributed by atoms with van der Waals surface area (Å²) in [5, 5.41) is 3.90. The summed E-state index contributed by atoms with van der Waals surface area (Å²) in [5.74, 6) is 0.185. The Hall–Kier alpha value is -1.81. The van der Waals surface area contributed by atoms with Gasteiger partial charge in [0.05, 0.1) is 6.61 Å². The summed E-state index contributed by atoms with van der Waals surface area (Å²) >= 11 is 0. The van der Waals surface area contributed by atoms with Crippen molar-refractivity contribution in [3.05, 3.63) is 35.6 Å². The van der Waals surface area contributed by atoms with Crippen molar-refractivity contribution in [2.75, 3.05) is 7.11 Å². The lowest BCUT2D eigenvalue weighted by atomic mass is 10.1. The molecule has 0 bridgehead atoms. The molecule has 1 heterocycles. The van der Waals surface area contributed by atoms with Gasteiger partial charge in [0.2, 0.25) is 0 Å². The van der Waals surface area contributed by atoms with Crippen LogP contribution in [0.3, 0.4) is 0 Å². The second-order valence-corrected chi connectivity index (χ2v) is 5.00. The maximum absolute atomic E-state index is 12.3. The molecular weight excluding hydrogens is 254 g/mol. The van der Waals surface area contributed by atoms with Gasteiger partial charge in [0.15, 0.2) is 5.76 Å². The molecule has 2 rings (SSSR count). The van der Waals surface area contributed by atoms with Crippen LogP contribution in [0.5, 0.6) is 0 Å². The average molecular weight is 275 g/mol. The summed E-state index contributed by atoms with van der Waals surface area (Å²) in [6.07, 6.45) is 1.98. The number of carbonyl (C=O) groups is 1. The van der Waals surface area contributed by atoms with E-state index in [2.05, 4.69) is 12.2 Å². The average Bonchev–Trinajstić information content (AvgIpc) is 2.79. The molecule has 0 saturated carbocycles. The number of hydrogen-bond donors (Lipinski definition) is 1. The lowest BCUT2D eigenvalue weighted by Gasteiger charge is -2.12. The van der Waals surface area contributed by atoms with Gasteiger partial charge in [-0.25, -0.2) is 0 Å². The second-order valence-electron chi connectivity index (χ2n) is 5.00. The minimum Gasteiger partial charge on any atom is -0.451 e. The molecule has 1 unspecified atom stereocenters. The number of furan rings is 1. The van der Waals surface area contributed by atoms with Gasteiger partial charge >= 0.3 is 0 Å². The molecule has 4 nitrogen and oxygen atoms in total. The highest BCUT2D eigenvalue weighted by molar-refractivity contribution is 5.99. The van der Waals surface area contributed by atoms with E-state index in [0.29, 0.717) is 18.0 Å². The number of ether oxygens (including phenoxy) is 1. The van der Waals surface area contributed by atoms with Gasteiger partial charge in [0, 0.05) is 24.1 Å². The predicted molar refractivity (Wildman–Crippen MR) is 78.8 cm³/mol. The molecule has 1 aromatic carbocycles. The number of nitrogens with one attached hydrogen (secondary N) is 1. The monoisotopic (exact) mass is 275 g/mol. The predicted octanol–water partition coefficient (Wildman–Crippen LogP) is 3.50. The molecule has 0 spiro atoms. The fourth-order valence-electron chi connectivity index (χ4n) is 2.36. The molecule has 1 aromatic heterocycles. The summed E-state index contributed by atoms with van der Waals surface area (Å²) in [4.78, 5) is 12.3. The highest BCUT2D eigenvalue weighted by Gasteiger charge is 2.21. The van der Waals surface area contributed by atoms with E-state index in [-0.39, 0.29) is 11.9 Å². The highest BCUT2D eigenvalue weighted by atomic mass is 16.5. The molecule has 0 radical (unpaired) electrons. The van der Waals surface area contributed by atoms with E-state index in [9.17, 15) is 4.79 Å². The largest absolute Gasteiger partial charge is 0.451 e. The number of methoxy groups -OCH3 is 1. The maximum atomic E-state index is 12.3. The van der Waals surface area contributed by atoms with Crippen LogP contribution in [-0.2, 0) is 11.3 Å². The van der Waals surface area contributed by atoms with E-state index in [1.54, 1.807) is 7.11 Å². The van der Waals surface area contributed by atoms with Crippen LogP contribution in [0.25, 0.3) is 11.0 Å². The standard InChI is InChI=1S/C16H21NO3/c1-4-7-11(2)17-16(18)15-13(10-19-3)12-8-5-6-9-14(12)20-15/h5-6,8-9,11H,4,7,10H2,1-3H3,(H,17,18). The van der Waals surface area contributed by atoms with Crippen LogP contribution in [0, 0.1) is 0 Å². The Morgan fingerprint density at radius 1 is 1.40 bits per heavy atom. The van der Waals surface area contributed by atoms with E-state index in [0.717, 1.165) is 23.8 Å². The molecule has 0 aliphatic carbocycles. The van der Waals surface area contributed by atoms with Crippen molar-refractivity contribution in [3.63, 3.8) is 0 Å². The van der Waals surface area contributed by atoms with Gasteiger partial charge in [-0.2, -0.15) is 0 Å². The van der Waals surface area contributed by atoms with Crippen molar-refractivity contribution in [3.8, 4) is 0 Å². The Labute approximate surface area is 119 Å². The van der Waals surface area contributed by atoms with Crippen LogP contribution in [0.1, 0.15) is 42.8 Å². The molecule has 0 aliphatic rings. The molecule has 2 aromatic rings. The quantitative estimate of drug-likeness (QED) is 0.877. The zero-order chi connectivity index (χ0) is 14.5. The second kappa shape index (κ2) is 6.57. The molecule has 0 fully saturated rings. The first-order valence-corrected chi connectivity index (χ1v) is 6.97. The SMILES string of the molecule is CCCC(C)NC(=O)c1oc2ccccc2c1COC. The van der Waals surface area contributed by atoms with Gasteiger partial charge in [-0.15, -0.1) is 0 Å². The van der Waals surface area contributed by atoms with Crippen molar-refractivity contribution in [2.24, 2.45) is 0 Å². The summed E-state index contributed by atoms with van der Waals surface area (Å²) < 4.78 is 10.9. The topological polar surface area (TPSA) is 51.5 Å². The van der Waals surface area contributed by atoms with Gasteiger partial charge in [-0.05, 0) is 19.4 Å². The number of benzene rings is 1. The van der Waals surface area contributed by atoms with Crippen LogP contribution in [0.15, 0.2) is 28.7 Å². The Morgan fingerprint density at radius 3 is 2.85 bits per heavy atom.